The number of hydrazone groups is 1. The van der Waals surface area contributed by atoms with E-state index in [1.54, 1.807) is 29.3 Å². The zero-order valence-corrected chi connectivity index (χ0v) is 13.9. The molecule has 3 aliphatic rings. The third kappa shape index (κ3) is 2.88. The fourth-order valence-electron chi connectivity index (χ4n) is 2.60. The molecule has 2 heterocycles. The van der Waals surface area contributed by atoms with Crippen molar-refractivity contribution >= 4 is 28.3 Å². The Hall–Kier alpha value is -2.99. The molecule has 1 fully saturated rings. The van der Waals surface area contributed by atoms with Crippen LogP contribution in [0.15, 0.2) is 65.1 Å². The molecule has 0 spiro atoms. The minimum absolute atomic E-state index is 0.0199. The van der Waals surface area contributed by atoms with Gasteiger partial charge in [0.2, 0.25) is 10.9 Å². The summed E-state index contributed by atoms with van der Waals surface area (Å²) in [6.45, 7) is 0. The Balaban J connectivity index is 1.54. The molecule has 0 radical (unpaired) electrons. The van der Waals surface area contributed by atoms with Gasteiger partial charge in [-0.1, -0.05) is 23.9 Å². The van der Waals surface area contributed by atoms with Crippen molar-refractivity contribution in [3.63, 3.8) is 0 Å². The van der Waals surface area contributed by atoms with Gasteiger partial charge in [-0.3, -0.25) is 10.6 Å². The van der Waals surface area contributed by atoms with Crippen molar-refractivity contribution < 1.29 is 10.1 Å². The monoisotopic (exact) mass is 372 g/mol. The molecule has 0 amide bonds. The maximum Gasteiger partial charge on any atom is 0.222 e. The third-order valence-electron chi connectivity index (χ3n) is 3.91. The van der Waals surface area contributed by atoms with E-state index in [-0.39, 0.29) is 22.0 Å². The fraction of sp³-hybridized carbons (Fsp3) is 0.0667. The van der Waals surface area contributed by atoms with Crippen LogP contribution in [0.5, 0.6) is 0 Å². The first-order valence-corrected chi connectivity index (χ1v) is 8.35. The van der Waals surface area contributed by atoms with E-state index in [0.717, 1.165) is 11.1 Å². The lowest BCUT2D eigenvalue weighted by molar-refractivity contribution is -0.377. The van der Waals surface area contributed by atoms with Gasteiger partial charge in [0.25, 0.3) is 0 Å². The first kappa shape index (κ1) is 16.5. The van der Waals surface area contributed by atoms with Crippen LogP contribution in [0.4, 0.5) is 5.69 Å². The van der Waals surface area contributed by atoms with E-state index in [0.29, 0.717) is 11.0 Å². The van der Waals surface area contributed by atoms with Crippen LogP contribution in [0.25, 0.3) is 0 Å². The van der Waals surface area contributed by atoms with Gasteiger partial charge in [-0.05, 0) is 29.8 Å². The first-order chi connectivity index (χ1) is 12.5. The van der Waals surface area contributed by atoms with Gasteiger partial charge in [0.1, 0.15) is 5.37 Å². The lowest BCUT2D eigenvalue weighted by atomic mass is 10.1. The molecule has 2 aliphatic heterocycles. The van der Waals surface area contributed by atoms with E-state index in [9.17, 15) is 15.6 Å². The largest absolute Gasteiger partial charge is 0.733 e. The van der Waals surface area contributed by atoms with Gasteiger partial charge in [-0.15, -0.1) is 5.10 Å². The summed E-state index contributed by atoms with van der Waals surface area (Å²) in [6, 6.07) is 6.52. The normalized spacial score (nSPS) is 21.0. The predicted octanol–water partition coefficient (Wildman–Crippen LogP) is 1.59. The second-order valence-electron chi connectivity index (χ2n) is 5.49. The molecule has 1 saturated heterocycles. The summed E-state index contributed by atoms with van der Waals surface area (Å²) in [5.41, 5.74) is 8.02. The third-order valence-corrected chi connectivity index (χ3v) is 5.01. The van der Waals surface area contributed by atoms with E-state index in [4.69, 9.17) is 5.21 Å². The number of amidine groups is 1. The van der Waals surface area contributed by atoms with Gasteiger partial charge < -0.3 is 20.8 Å². The van der Waals surface area contributed by atoms with Crippen LogP contribution in [-0.4, -0.2) is 26.0 Å². The van der Waals surface area contributed by atoms with Crippen molar-refractivity contribution in [3.8, 4) is 0 Å². The smallest absolute Gasteiger partial charge is 0.222 e. The number of nitrogens with zero attached hydrogens (tertiary/aromatic N) is 4. The molecular weight excluding hydrogens is 360 g/mol. The Kier molecular flexibility index (Phi) is 4.05. The Morgan fingerprint density at radius 2 is 1.85 bits per heavy atom. The summed E-state index contributed by atoms with van der Waals surface area (Å²) >= 11 is 1.47. The van der Waals surface area contributed by atoms with Crippen LogP contribution in [0.1, 0.15) is 10.9 Å². The van der Waals surface area contributed by atoms with E-state index >= 15 is 0 Å². The molecular formula is C15H12N6O4S-2. The van der Waals surface area contributed by atoms with Crippen molar-refractivity contribution in [2.24, 2.45) is 5.10 Å². The molecule has 1 aromatic carbocycles. The van der Waals surface area contributed by atoms with Crippen LogP contribution >= 0.6 is 11.8 Å². The number of thioether (sulfide) groups is 1. The van der Waals surface area contributed by atoms with E-state index < -0.39 is 4.90 Å². The fourth-order valence-corrected chi connectivity index (χ4v) is 3.61. The minimum atomic E-state index is -0.447. The maximum atomic E-state index is 10.9. The zero-order valence-electron chi connectivity index (χ0n) is 13.1. The van der Waals surface area contributed by atoms with Crippen LogP contribution < -0.4 is 16.1 Å². The summed E-state index contributed by atoms with van der Waals surface area (Å²) in [6.07, 6.45) is 6.17. The maximum absolute atomic E-state index is 10.9. The number of fused-ring (bicyclic) bond motifs is 1. The number of allylic oxidation sites excluding steroid dienone is 5. The summed E-state index contributed by atoms with van der Waals surface area (Å²) in [5, 5.41) is 47.8. The number of hydrazine groups is 1. The van der Waals surface area contributed by atoms with E-state index in [1.165, 1.54) is 36.0 Å². The average Bonchev–Trinajstić information content (AvgIpc) is 3.22. The quantitative estimate of drug-likeness (QED) is 0.522. The molecule has 1 aromatic rings. The Labute approximate surface area is 151 Å². The number of nitrogens with one attached hydrogen (secondary N) is 2. The molecule has 1 aliphatic carbocycles. The second kappa shape index (κ2) is 6.38. The lowest BCUT2D eigenvalue weighted by Gasteiger charge is -2.22. The standard InChI is InChI=1S/C15H12N6O4S/c22-20(23)11-5-1-9(2-6-11)13-16-17-15-19(13)18-14(26-15)10-3-7-12(8-4-10)21(24)25/h1-8,14,16,18,24H/q-2/t14-/m1/s1. The van der Waals surface area contributed by atoms with Crippen LogP contribution in [0.2, 0.25) is 0 Å². The minimum Gasteiger partial charge on any atom is -0.733 e. The SMILES string of the molecule is [O-]N(O)c1ccc([C@@H]2NN3C(=NNC3=C3C=CC(=[N+]([O-])[O-])C=C3)S2)cc1. The van der Waals surface area contributed by atoms with E-state index in [2.05, 4.69) is 16.0 Å². The molecule has 4 rings (SSSR count). The molecule has 0 unspecified atom stereocenters. The molecule has 3 N–H and O–H groups in total. The van der Waals surface area contributed by atoms with Crippen LogP contribution in [0.3, 0.4) is 0 Å². The highest BCUT2D eigenvalue weighted by atomic mass is 32.2. The van der Waals surface area contributed by atoms with Gasteiger partial charge in [-0.25, -0.2) is 10.4 Å². The molecule has 10 nitrogen and oxygen atoms in total. The topological polar surface area (TPSA) is 135 Å². The van der Waals surface area contributed by atoms with Gasteiger partial charge in [0.05, 0.1) is 5.69 Å². The summed E-state index contributed by atoms with van der Waals surface area (Å²) in [5.74, 6) is 0.669. The highest BCUT2D eigenvalue weighted by Gasteiger charge is 2.36. The first-order valence-electron chi connectivity index (χ1n) is 7.47. The van der Waals surface area contributed by atoms with Crippen molar-refractivity contribution in [2.75, 3.05) is 5.23 Å². The zero-order chi connectivity index (χ0) is 18.3. The second-order valence-corrected chi connectivity index (χ2v) is 6.56. The Bertz CT molecular complexity index is 868. The van der Waals surface area contributed by atoms with Crippen LogP contribution in [0, 0.1) is 15.6 Å². The lowest BCUT2D eigenvalue weighted by Crippen LogP contribution is -2.34. The van der Waals surface area contributed by atoms with Crippen LogP contribution in [-0.2, 0) is 0 Å². The number of hydrogen-bond acceptors (Lipinski definition) is 10. The number of benzene rings is 1. The van der Waals surface area contributed by atoms with Crippen molar-refractivity contribution in [1.29, 1.82) is 0 Å². The molecule has 134 valence electrons. The van der Waals surface area contributed by atoms with E-state index in [1.807, 2.05) is 0 Å². The Morgan fingerprint density at radius 1 is 1.15 bits per heavy atom. The van der Waals surface area contributed by atoms with Crippen molar-refractivity contribution in [2.45, 2.75) is 5.37 Å². The molecule has 0 saturated carbocycles. The van der Waals surface area contributed by atoms with Gasteiger partial charge >= 0.3 is 0 Å². The molecule has 0 bridgehead atoms. The summed E-state index contributed by atoms with van der Waals surface area (Å²) in [4.78, 5) is -0.447. The predicted molar refractivity (Wildman–Crippen MR) is 97.3 cm³/mol. The molecule has 0 aromatic heterocycles. The highest BCUT2D eigenvalue weighted by molar-refractivity contribution is 8.14. The summed E-state index contributed by atoms with van der Waals surface area (Å²) < 4.78 is 0. The van der Waals surface area contributed by atoms with Gasteiger partial charge in [0, 0.05) is 17.7 Å². The number of hydrogen-bond donors (Lipinski definition) is 3. The van der Waals surface area contributed by atoms with Gasteiger partial charge in [0.15, 0.2) is 5.82 Å². The highest BCUT2D eigenvalue weighted by Crippen LogP contribution is 2.38. The van der Waals surface area contributed by atoms with Gasteiger partial charge in [-0.2, -0.15) is 4.90 Å². The number of rotatable bonds is 2. The molecule has 11 heteroatoms. The average molecular weight is 372 g/mol. The molecule has 26 heavy (non-hydrogen) atoms. The van der Waals surface area contributed by atoms with Crippen molar-refractivity contribution in [1.82, 2.24) is 15.9 Å². The number of anilines is 1. The van der Waals surface area contributed by atoms with Crippen molar-refractivity contribution in [3.05, 3.63) is 81.1 Å². The summed E-state index contributed by atoms with van der Waals surface area (Å²) in [7, 11) is 0. The Morgan fingerprint density at radius 3 is 2.46 bits per heavy atom. The molecule has 1 atom stereocenters.